The van der Waals surface area contributed by atoms with Crippen LogP contribution in [0.5, 0.6) is 0 Å². The number of nitrogens with zero attached hydrogens (tertiary/aromatic N) is 2. The minimum Gasteiger partial charge on any atom is -0.469 e. The van der Waals surface area contributed by atoms with Gasteiger partial charge >= 0.3 is 12.1 Å². The molecule has 0 spiro atoms. The molecule has 1 aliphatic heterocycles. The minimum absolute atomic E-state index is 0.0165. The number of rotatable bonds is 3. The number of pyridine rings is 1. The summed E-state index contributed by atoms with van der Waals surface area (Å²) in [4.78, 5) is 17.9. The van der Waals surface area contributed by atoms with Gasteiger partial charge in [-0.1, -0.05) is 0 Å². The zero-order chi connectivity index (χ0) is 18.0. The number of benzene rings is 1. The zero-order valence-electron chi connectivity index (χ0n) is 13.6. The lowest BCUT2D eigenvalue weighted by Crippen LogP contribution is -2.33. The van der Waals surface area contributed by atoms with Crippen molar-refractivity contribution in [2.45, 2.75) is 19.0 Å². The van der Waals surface area contributed by atoms with Gasteiger partial charge in [-0.05, 0) is 48.7 Å². The maximum absolute atomic E-state index is 12.8. The molecule has 1 unspecified atom stereocenters. The number of fused-ring (bicyclic) bond motifs is 1. The number of carbonyl (C=O) groups is 1. The van der Waals surface area contributed by atoms with Gasteiger partial charge in [0.2, 0.25) is 0 Å². The monoisotopic (exact) mass is 350 g/mol. The van der Waals surface area contributed by atoms with Gasteiger partial charge in [-0.2, -0.15) is 13.2 Å². The predicted octanol–water partition coefficient (Wildman–Crippen LogP) is 3.97. The molecule has 0 radical (unpaired) electrons. The van der Waals surface area contributed by atoms with E-state index in [2.05, 4.69) is 4.98 Å². The molecule has 1 aromatic heterocycles. The Kier molecular flexibility index (Phi) is 4.65. The number of ether oxygens (including phenoxy) is 1. The maximum atomic E-state index is 12.8. The van der Waals surface area contributed by atoms with Crippen LogP contribution >= 0.6 is 0 Å². The van der Waals surface area contributed by atoms with Gasteiger partial charge in [-0.15, -0.1) is 0 Å². The zero-order valence-corrected chi connectivity index (χ0v) is 13.6. The average molecular weight is 350 g/mol. The van der Waals surface area contributed by atoms with Crippen LogP contribution in [0.2, 0.25) is 0 Å². The van der Waals surface area contributed by atoms with Gasteiger partial charge in [0.15, 0.2) is 0 Å². The second kappa shape index (κ2) is 6.74. The summed E-state index contributed by atoms with van der Waals surface area (Å²) >= 11 is 0. The first-order chi connectivity index (χ1) is 11.9. The van der Waals surface area contributed by atoms with Crippen LogP contribution in [-0.2, 0) is 22.1 Å². The number of alkyl halides is 3. The molecule has 1 aliphatic rings. The first kappa shape index (κ1) is 17.3. The Hall–Kier alpha value is -2.57. The van der Waals surface area contributed by atoms with Crippen LogP contribution in [0, 0.1) is 5.92 Å². The van der Waals surface area contributed by atoms with Crippen LogP contribution in [-0.4, -0.2) is 24.6 Å². The highest BCUT2D eigenvalue weighted by Crippen LogP contribution is 2.37. The van der Waals surface area contributed by atoms with E-state index in [1.807, 2.05) is 11.0 Å². The Morgan fingerprint density at radius 1 is 1.28 bits per heavy atom. The van der Waals surface area contributed by atoms with Crippen molar-refractivity contribution < 1.29 is 22.7 Å². The molecule has 132 valence electrons. The van der Waals surface area contributed by atoms with Crippen LogP contribution in [0.15, 0.2) is 42.6 Å². The van der Waals surface area contributed by atoms with Crippen molar-refractivity contribution in [3.63, 3.8) is 0 Å². The molecule has 3 rings (SSSR count). The van der Waals surface area contributed by atoms with E-state index in [1.165, 1.54) is 19.2 Å². The summed E-state index contributed by atoms with van der Waals surface area (Å²) in [6.07, 6.45) is -1.83. The lowest BCUT2D eigenvalue weighted by molar-refractivity contribution is -0.141. The third kappa shape index (κ3) is 3.75. The lowest BCUT2D eigenvalue weighted by Gasteiger charge is -2.35. The summed E-state index contributed by atoms with van der Waals surface area (Å²) < 4.78 is 43.0. The van der Waals surface area contributed by atoms with Crippen molar-refractivity contribution in [3.05, 3.63) is 53.9 Å². The Morgan fingerprint density at radius 2 is 2.00 bits per heavy atom. The molecule has 2 heterocycles. The highest BCUT2D eigenvalue weighted by Gasteiger charge is 2.31. The van der Waals surface area contributed by atoms with E-state index in [0.29, 0.717) is 18.7 Å². The fourth-order valence-electron chi connectivity index (χ4n) is 3.06. The van der Waals surface area contributed by atoms with E-state index in [0.717, 1.165) is 23.5 Å². The van der Waals surface area contributed by atoms with Crippen LogP contribution in [0.1, 0.15) is 17.7 Å². The maximum Gasteiger partial charge on any atom is 0.416 e. The molecule has 4 nitrogen and oxygen atoms in total. The van der Waals surface area contributed by atoms with E-state index < -0.39 is 11.7 Å². The fourth-order valence-corrected chi connectivity index (χ4v) is 3.06. The summed E-state index contributed by atoms with van der Waals surface area (Å²) in [7, 11) is 1.34. The van der Waals surface area contributed by atoms with Crippen LogP contribution in [0.25, 0.3) is 0 Å². The van der Waals surface area contributed by atoms with Crippen LogP contribution in [0.3, 0.4) is 0 Å². The number of methoxy groups -OCH3 is 1. The number of hydrogen-bond acceptors (Lipinski definition) is 4. The van der Waals surface area contributed by atoms with Gasteiger partial charge in [-0.25, -0.2) is 0 Å². The second-order valence-corrected chi connectivity index (χ2v) is 5.97. The van der Waals surface area contributed by atoms with Gasteiger partial charge in [0.05, 0.1) is 30.5 Å². The molecule has 1 aromatic carbocycles. The first-order valence-electron chi connectivity index (χ1n) is 7.84. The van der Waals surface area contributed by atoms with Gasteiger partial charge in [0.25, 0.3) is 0 Å². The molecule has 25 heavy (non-hydrogen) atoms. The smallest absolute Gasteiger partial charge is 0.416 e. The average Bonchev–Trinajstić information content (AvgIpc) is 2.60. The fraction of sp³-hybridized carbons (Fsp3) is 0.333. The molecule has 0 aliphatic carbocycles. The number of hydrogen-bond donors (Lipinski definition) is 0. The Bertz CT molecular complexity index is 760. The van der Waals surface area contributed by atoms with Gasteiger partial charge in [0, 0.05) is 18.4 Å². The molecule has 0 amide bonds. The van der Waals surface area contributed by atoms with E-state index in [9.17, 15) is 18.0 Å². The summed E-state index contributed by atoms with van der Waals surface area (Å²) in [6, 6.07) is 8.69. The van der Waals surface area contributed by atoms with E-state index >= 15 is 0 Å². The van der Waals surface area contributed by atoms with Crippen molar-refractivity contribution in [3.8, 4) is 0 Å². The SMILES string of the molecule is COC(=O)CC1Cc2ncccc2N(c2ccc(C(F)(F)F)cc2)C1. The standard InChI is InChI=1S/C18H17F3N2O2/c1-25-17(24)10-12-9-15-16(3-2-8-22-15)23(11-12)14-6-4-13(5-7-14)18(19,20)21/h2-8,12H,9-11H2,1H3. The van der Waals surface area contributed by atoms with Crippen molar-refractivity contribution in [1.82, 2.24) is 4.98 Å². The number of esters is 1. The Morgan fingerprint density at radius 3 is 2.64 bits per heavy atom. The minimum atomic E-state index is -4.37. The van der Waals surface area contributed by atoms with Crippen LogP contribution in [0.4, 0.5) is 24.5 Å². The van der Waals surface area contributed by atoms with Gasteiger partial charge in [0.1, 0.15) is 0 Å². The normalized spacial score (nSPS) is 17.1. The molecule has 7 heteroatoms. The number of carbonyl (C=O) groups excluding carboxylic acids is 1. The third-order valence-corrected chi connectivity index (χ3v) is 4.27. The summed E-state index contributed by atoms with van der Waals surface area (Å²) in [5.74, 6) is -0.325. The molecule has 0 N–H and O–H groups in total. The quantitative estimate of drug-likeness (QED) is 0.786. The van der Waals surface area contributed by atoms with Crippen molar-refractivity contribution in [2.75, 3.05) is 18.6 Å². The lowest BCUT2D eigenvalue weighted by atomic mass is 9.92. The highest BCUT2D eigenvalue weighted by molar-refractivity contribution is 5.71. The van der Waals surface area contributed by atoms with E-state index in [4.69, 9.17) is 4.74 Å². The Labute approximate surface area is 143 Å². The van der Waals surface area contributed by atoms with Crippen molar-refractivity contribution >= 4 is 17.3 Å². The topological polar surface area (TPSA) is 42.4 Å². The first-order valence-corrected chi connectivity index (χ1v) is 7.84. The number of anilines is 2. The van der Waals surface area contributed by atoms with E-state index in [1.54, 1.807) is 12.3 Å². The molecule has 1 atom stereocenters. The number of aromatic nitrogens is 1. The van der Waals surface area contributed by atoms with Crippen molar-refractivity contribution in [2.24, 2.45) is 5.92 Å². The highest BCUT2D eigenvalue weighted by atomic mass is 19.4. The Balaban J connectivity index is 1.92. The van der Waals surface area contributed by atoms with Crippen molar-refractivity contribution in [1.29, 1.82) is 0 Å². The summed E-state index contributed by atoms with van der Waals surface area (Å²) in [5.41, 5.74) is 1.62. The second-order valence-electron chi connectivity index (χ2n) is 5.97. The molecule has 0 bridgehead atoms. The number of halogens is 3. The molecular weight excluding hydrogens is 333 g/mol. The van der Waals surface area contributed by atoms with E-state index in [-0.39, 0.29) is 18.3 Å². The molecule has 0 fully saturated rings. The summed E-state index contributed by atoms with van der Waals surface area (Å²) in [5, 5.41) is 0. The molecule has 2 aromatic rings. The van der Waals surface area contributed by atoms with Crippen LogP contribution < -0.4 is 4.90 Å². The molecule has 0 saturated heterocycles. The third-order valence-electron chi connectivity index (χ3n) is 4.27. The summed E-state index contributed by atoms with van der Waals surface area (Å²) in [6.45, 7) is 0.513. The molecular formula is C18H17F3N2O2. The largest absolute Gasteiger partial charge is 0.469 e. The molecule has 0 saturated carbocycles. The predicted molar refractivity (Wildman–Crippen MR) is 86.5 cm³/mol. The van der Waals surface area contributed by atoms with Gasteiger partial charge in [-0.3, -0.25) is 9.78 Å². The van der Waals surface area contributed by atoms with Gasteiger partial charge < -0.3 is 9.64 Å².